The van der Waals surface area contributed by atoms with Crippen molar-refractivity contribution in [3.05, 3.63) is 23.4 Å². The van der Waals surface area contributed by atoms with E-state index in [0.29, 0.717) is 51.1 Å². The van der Waals surface area contributed by atoms with Crippen LogP contribution in [0, 0.1) is 18.3 Å². The molecule has 1 saturated carbocycles. The monoisotopic (exact) mass is 498 g/mol. The molecule has 1 aliphatic carbocycles. The van der Waals surface area contributed by atoms with E-state index in [9.17, 15) is 22.8 Å². The first-order chi connectivity index (χ1) is 16.1. The van der Waals surface area contributed by atoms with Crippen LogP contribution in [0.4, 0.5) is 23.8 Å². The van der Waals surface area contributed by atoms with Gasteiger partial charge in [-0.25, -0.2) is 9.78 Å². The largest absolute Gasteiger partial charge is 0.444 e. The van der Waals surface area contributed by atoms with Gasteiger partial charge in [0, 0.05) is 37.9 Å². The Bertz CT molecular complexity index is 937. The molecule has 2 amide bonds. The number of nitrogens with zero attached hydrogens (tertiary/aromatic N) is 3. The van der Waals surface area contributed by atoms with Crippen LogP contribution in [0.3, 0.4) is 0 Å². The highest BCUT2D eigenvalue weighted by Gasteiger charge is 2.50. The van der Waals surface area contributed by atoms with E-state index in [1.165, 1.54) is 0 Å². The number of anilines is 1. The number of piperazine rings is 1. The summed E-state index contributed by atoms with van der Waals surface area (Å²) in [4.78, 5) is 33.9. The van der Waals surface area contributed by atoms with Gasteiger partial charge in [-0.05, 0) is 65.0 Å². The number of hydrogen-bond donors (Lipinski definition) is 1. The molecule has 0 aromatic carbocycles. The second kappa shape index (κ2) is 9.85. The Hall–Kier alpha value is -2.52. The standard InChI is InChI=1S/C25H37F3N4O3/c1-16(2)24(8-7-19(15-24)30-22(34)35-23(4,5)6)21(33)32-11-9-31(10-12-32)20-14-18(25(26,27)28)13-17(3)29-20/h13-14,16,19H,7-12,15H2,1-6H3,(H,30,34)/t19?,24-/m0/s1. The zero-order valence-electron chi connectivity index (χ0n) is 21.5. The molecule has 2 fully saturated rings. The highest BCUT2D eigenvalue weighted by molar-refractivity contribution is 5.84. The Kier molecular flexibility index (Phi) is 7.62. The summed E-state index contributed by atoms with van der Waals surface area (Å²) in [6.45, 7) is 12.7. The van der Waals surface area contributed by atoms with Crippen LogP contribution in [0.1, 0.15) is 65.1 Å². The third-order valence-corrected chi connectivity index (χ3v) is 6.96. The van der Waals surface area contributed by atoms with Crippen molar-refractivity contribution >= 4 is 17.8 Å². The molecule has 2 heterocycles. The van der Waals surface area contributed by atoms with E-state index in [-0.39, 0.29) is 23.7 Å². The fraction of sp³-hybridized carbons (Fsp3) is 0.720. The summed E-state index contributed by atoms with van der Waals surface area (Å²) in [5.74, 6) is 0.408. The number of carbonyl (C=O) groups excluding carboxylic acids is 2. The van der Waals surface area contributed by atoms with Crippen LogP contribution in [0.25, 0.3) is 0 Å². The predicted molar refractivity (Wildman–Crippen MR) is 127 cm³/mol. The lowest BCUT2D eigenvalue weighted by Crippen LogP contribution is -2.54. The van der Waals surface area contributed by atoms with Crippen molar-refractivity contribution in [2.75, 3.05) is 31.1 Å². The summed E-state index contributed by atoms with van der Waals surface area (Å²) >= 11 is 0. The maximum absolute atomic E-state index is 13.7. The van der Waals surface area contributed by atoms with Gasteiger partial charge >= 0.3 is 12.3 Å². The number of pyridine rings is 1. The summed E-state index contributed by atoms with van der Waals surface area (Å²) in [6, 6.07) is 1.97. The van der Waals surface area contributed by atoms with E-state index in [1.54, 1.807) is 32.6 Å². The molecule has 0 bridgehead atoms. The van der Waals surface area contributed by atoms with Crippen LogP contribution in [0.2, 0.25) is 0 Å². The summed E-state index contributed by atoms with van der Waals surface area (Å²) < 4.78 is 45.1. The first kappa shape index (κ1) is 27.1. The van der Waals surface area contributed by atoms with E-state index >= 15 is 0 Å². The number of aromatic nitrogens is 1. The molecule has 1 saturated heterocycles. The van der Waals surface area contributed by atoms with Crippen molar-refractivity contribution in [3.8, 4) is 0 Å². The second-order valence-corrected chi connectivity index (χ2v) is 11.0. The van der Waals surface area contributed by atoms with E-state index < -0.39 is 28.8 Å². The molecule has 1 aromatic heterocycles. The smallest absolute Gasteiger partial charge is 0.416 e. The lowest BCUT2D eigenvalue weighted by Gasteiger charge is -2.42. The van der Waals surface area contributed by atoms with Crippen molar-refractivity contribution in [2.45, 2.75) is 78.6 Å². The van der Waals surface area contributed by atoms with Crippen molar-refractivity contribution in [1.29, 1.82) is 0 Å². The number of nitrogens with one attached hydrogen (secondary N) is 1. The van der Waals surface area contributed by atoms with Gasteiger partial charge in [-0.15, -0.1) is 0 Å². The molecule has 0 spiro atoms. The fourth-order valence-corrected chi connectivity index (χ4v) is 5.07. The molecule has 196 valence electrons. The summed E-state index contributed by atoms with van der Waals surface area (Å²) in [7, 11) is 0. The van der Waals surface area contributed by atoms with Gasteiger partial charge in [0.15, 0.2) is 0 Å². The molecule has 0 radical (unpaired) electrons. The number of ether oxygens (including phenoxy) is 1. The number of halogens is 3. The quantitative estimate of drug-likeness (QED) is 0.647. The van der Waals surface area contributed by atoms with Crippen LogP contribution < -0.4 is 10.2 Å². The third-order valence-electron chi connectivity index (χ3n) is 6.96. The Morgan fingerprint density at radius 1 is 1.14 bits per heavy atom. The van der Waals surface area contributed by atoms with Gasteiger partial charge in [0.2, 0.25) is 5.91 Å². The Morgan fingerprint density at radius 2 is 1.77 bits per heavy atom. The SMILES string of the molecule is Cc1cc(C(F)(F)F)cc(N2CCN(C(=O)[C@@]3(C(C)C)CCC(NC(=O)OC(C)(C)C)C3)CC2)n1. The Balaban J connectivity index is 1.66. The first-order valence-electron chi connectivity index (χ1n) is 12.2. The van der Waals surface area contributed by atoms with Gasteiger partial charge in [-0.3, -0.25) is 4.79 Å². The van der Waals surface area contributed by atoms with Crippen LogP contribution in [0.15, 0.2) is 12.1 Å². The summed E-state index contributed by atoms with van der Waals surface area (Å²) in [5, 5.41) is 2.91. The molecule has 7 nitrogen and oxygen atoms in total. The number of alkyl carbamates (subject to hydrolysis) is 1. The van der Waals surface area contributed by atoms with Crippen LogP contribution in [-0.4, -0.2) is 59.7 Å². The average molecular weight is 499 g/mol. The zero-order valence-corrected chi connectivity index (χ0v) is 21.5. The molecule has 35 heavy (non-hydrogen) atoms. The zero-order chi connectivity index (χ0) is 26.2. The van der Waals surface area contributed by atoms with E-state index in [0.717, 1.165) is 12.1 Å². The topological polar surface area (TPSA) is 74.8 Å². The van der Waals surface area contributed by atoms with Gasteiger partial charge < -0.3 is 19.9 Å². The van der Waals surface area contributed by atoms with Crippen LogP contribution in [-0.2, 0) is 15.7 Å². The Labute approximate surface area is 205 Å². The van der Waals surface area contributed by atoms with E-state index in [4.69, 9.17) is 4.74 Å². The van der Waals surface area contributed by atoms with Crippen molar-refractivity contribution in [2.24, 2.45) is 11.3 Å². The lowest BCUT2D eigenvalue weighted by atomic mass is 9.74. The summed E-state index contributed by atoms with van der Waals surface area (Å²) in [6.07, 6.45) is -3.02. The molecule has 3 rings (SSSR count). The second-order valence-electron chi connectivity index (χ2n) is 11.0. The molecule has 1 unspecified atom stereocenters. The van der Waals surface area contributed by atoms with Gasteiger partial charge in [-0.2, -0.15) is 13.2 Å². The Morgan fingerprint density at radius 3 is 2.31 bits per heavy atom. The lowest BCUT2D eigenvalue weighted by molar-refractivity contribution is -0.145. The van der Waals surface area contributed by atoms with Gasteiger partial charge in [0.1, 0.15) is 11.4 Å². The van der Waals surface area contributed by atoms with Crippen molar-refractivity contribution < 1.29 is 27.5 Å². The maximum Gasteiger partial charge on any atom is 0.416 e. The number of amides is 2. The molecule has 1 aromatic rings. The highest BCUT2D eigenvalue weighted by Crippen LogP contribution is 2.46. The molecule has 10 heteroatoms. The minimum atomic E-state index is -4.43. The van der Waals surface area contributed by atoms with E-state index in [1.807, 2.05) is 18.7 Å². The van der Waals surface area contributed by atoms with Gasteiger partial charge in [0.05, 0.1) is 11.0 Å². The summed E-state index contributed by atoms with van der Waals surface area (Å²) in [5.41, 5.74) is -1.60. The molecular formula is C25H37F3N4O3. The van der Waals surface area contributed by atoms with Crippen molar-refractivity contribution in [1.82, 2.24) is 15.2 Å². The minimum Gasteiger partial charge on any atom is -0.444 e. The normalized spacial score (nSPS) is 23.5. The molecule has 1 N–H and O–H groups in total. The molecule has 2 aliphatic rings. The van der Waals surface area contributed by atoms with Gasteiger partial charge in [-0.1, -0.05) is 13.8 Å². The highest BCUT2D eigenvalue weighted by atomic mass is 19.4. The number of alkyl halides is 3. The van der Waals surface area contributed by atoms with Gasteiger partial charge in [0.25, 0.3) is 0 Å². The number of hydrogen-bond acceptors (Lipinski definition) is 5. The number of rotatable bonds is 4. The predicted octanol–water partition coefficient (Wildman–Crippen LogP) is 4.78. The van der Waals surface area contributed by atoms with Crippen LogP contribution in [0.5, 0.6) is 0 Å². The number of aryl methyl sites for hydroxylation is 1. The fourth-order valence-electron chi connectivity index (χ4n) is 5.07. The third kappa shape index (κ3) is 6.38. The molecule has 2 atom stereocenters. The minimum absolute atomic E-state index is 0.0498. The number of carbonyl (C=O) groups is 2. The van der Waals surface area contributed by atoms with Crippen molar-refractivity contribution in [3.63, 3.8) is 0 Å². The average Bonchev–Trinajstić information content (AvgIpc) is 3.16. The molecule has 1 aliphatic heterocycles. The first-order valence-corrected chi connectivity index (χ1v) is 12.2. The van der Waals surface area contributed by atoms with Crippen LogP contribution >= 0.6 is 0 Å². The van der Waals surface area contributed by atoms with E-state index in [2.05, 4.69) is 10.3 Å². The molecular weight excluding hydrogens is 461 g/mol. The maximum atomic E-state index is 13.7.